The van der Waals surface area contributed by atoms with E-state index in [1.807, 2.05) is 74.5 Å². The Morgan fingerprint density at radius 3 is 1.97 bits per heavy atom. The summed E-state index contributed by atoms with van der Waals surface area (Å²) >= 11 is 0. The van der Waals surface area contributed by atoms with Crippen molar-refractivity contribution in [2.45, 2.75) is 20.8 Å². The van der Waals surface area contributed by atoms with E-state index in [4.69, 9.17) is 13.3 Å². The van der Waals surface area contributed by atoms with Gasteiger partial charge in [-0.3, -0.25) is 0 Å². The van der Waals surface area contributed by atoms with Crippen molar-refractivity contribution in [1.29, 1.82) is 0 Å². The van der Waals surface area contributed by atoms with Gasteiger partial charge in [0.2, 0.25) is 0 Å². The molecule has 3 aromatic heterocycles. The fraction of sp³-hybridized carbons (Fsp3) is 0.111. The van der Waals surface area contributed by atoms with Gasteiger partial charge in [-0.15, -0.1) is 0 Å². The molecular weight excluding hydrogens is 372 g/mol. The van der Waals surface area contributed by atoms with Crippen LogP contribution in [-0.2, 0) is 0 Å². The summed E-state index contributed by atoms with van der Waals surface area (Å²) in [6, 6.07) is 24.2. The van der Waals surface area contributed by atoms with Crippen molar-refractivity contribution in [3.63, 3.8) is 0 Å². The molecule has 6 aromatic rings. The topological polar surface area (TPSA) is 39.4 Å². The summed E-state index contributed by atoms with van der Waals surface area (Å²) in [5.74, 6) is 0. The molecule has 0 bridgehead atoms. The van der Waals surface area contributed by atoms with Crippen molar-refractivity contribution < 1.29 is 13.3 Å². The Balaban J connectivity index is 0.000000109. The van der Waals surface area contributed by atoms with Crippen molar-refractivity contribution in [2.75, 3.05) is 0 Å². The van der Waals surface area contributed by atoms with Gasteiger partial charge >= 0.3 is 0 Å². The van der Waals surface area contributed by atoms with Crippen LogP contribution in [0.4, 0.5) is 0 Å². The molecular formula is C27H24O3. The van der Waals surface area contributed by atoms with Gasteiger partial charge in [0.1, 0.15) is 16.7 Å². The van der Waals surface area contributed by atoms with E-state index in [-0.39, 0.29) is 0 Å². The number of para-hydroxylation sites is 2. The molecule has 0 aliphatic carbocycles. The largest absolute Gasteiger partial charge is 0.464 e. The first-order chi connectivity index (χ1) is 14.6. The quantitative estimate of drug-likeness (QED) is 0.260. The molecule has 0 atom stereocenters. The monoisotopic (exact) mass is 396 g/mol. The van der Waals surface area contributed by atoms with Crippen LogP contribution in [0.5, 0.6) is 0 Å². The van der Waals surface area contributed by atoms with E-state index >= 15 is 0 Å². The molecule has 0 radical (unpaired) electrons. The molecule has 0 spiro atoms. The molecule has 0 fully saturated rings. The average Bonchev–Trinajstić information content (AvgIpc) is 3.50. The van der Waals surface area contributed by atoms with Gasteiger partial charge in [-0.1, -0.05) is 48.5 Å². The highest BCUT2D eigenvalue weighted by molar-refractivity contribution is 5.81. The van der Waals surface area contributed by atoms with Crippen molar-refractivity contribution in [3.8, 4) is 0 Å². The number of rotatable bonds is 0. The van der Waals surface area contributed by atoms with Crippen molar-refractivity contribution >= 4 is 32.9 Å². The number of fused-ring (bicyclic) bond motifs is 3. The minimum absolute atomic E-state index is 0.972. The normalized spacial score (nSPS) is 10.5. The summed E-state index contributed by atoms with van der Waals surface area (Å²) in [6.07, 6.45) is 5.22. The van der Waals surface area contributed by atoms with E-state index in [0.717, 1.165) is 16.7 Å². The maximum absolute atomic E-state index is 5.25. The lowest BCUT2D eigenvalue weighted by Crippen LogP contribution is -1.69. The van der Waals surface area contributed by atoms with E-state index in [0.29, 0.717) is 0 Å². The zero-order valence-electron chi connectivity index (χ0n) is 17.4. The second kappa shape index (κ2) is 8.75. The molecule has 0 amide bonds. The summed E-state index contributed by atoms with van der Waals surface area (Å²) in [5, 5.41) is 3.60. The van der Waals surface area contributed by atoms with Crippen LogP contribution in [0, 0.1) is 20.8 Å². The summed E-state index contributed by atoms with van der Waals surface area (Å²) in [5.41, 5.74) is 6.62. The minimum atomic E-state index is 0.972. The lowest BCUT2D eigenvalue weighted by atomic mass is 10.1. The van der Waals surface area contributed by atoms with Crippen LogP contribution in [0.15, 0.2) is 105 Å². The molecule has 0 unspecified atom stereocenters. The predicted octanol–water partition coefficient (Wildman–Crippen LogP) is 8.22. The van der Waals surface area contributed by atoms with Crippen molar-refractivity contribution in [2.24, 2.45) is 0 Å². The van der Waals surface area contributed by atoms with E-state index in [1.165, 1.54) is 32.8 Å². The molecule has 6 rings (SSSR count). The molecule has 0 aliphatic rings. The van der Waals surface area contributed by atoms with E-state index in [9.17, 15) is 0 Å². The van der Waals surface area contributed by atoms with Crippen LogP contribution in [-0.4, -0.2) is 0 Å². The van der Waals surface area contributed by atoms with Gasteiger partial charge in [-0.2, -0.15) is 0 Å². The lowest BCUT2D eigenvalue weighted by molar-refractivity contribution is 0.613. The Kier molecular flexibility index (Phi) is 5.71. The molecule has 150 valence electrons. The van der Waals surface area contributed by atoms with Crippen LogP contribution < -0.4 is 0 Å². The Labute approximate surface area is 175 Å². The zero-order chi connectivity index (χ0) is 20.9. The lowest BCUT2D eigenvalue weighted by Gasteiger charge is -1.90. The van der Waals surface area contributed by atoms with Crippen molar-refractivity contribution in [1.82, 2.24) is 0 Å². The fourth-order valence-electron chi connectivity index (χ4n) is 3.40. The van der Waals surface area contributed by atoms with E-state index in [2.05, 4.69) is 19.1 Å². The highest BCUT2D eigenvalue weighted by atomic mass is 16.3. The van der Waals surface area contributed by atoms with Crippen LogP contribution in [0.2, 0.25) is 0 Å². The Morgan fingerprint density at radius 2 is 1.17 bits per heavy atom. The van der Waals surface area contributed by atoms with Crippen LogP contribution in [0.1, 0.15) is 16.7 Å². The van der Waals surface area contributed by atoms with Gasteiger partial charge in [0.15, 0.2) is 0 Å². The highest BCUT2D eigenvalue weighted by Crippen LogP contribution is 2.20. The molecule has 3 aromatic carbocycles. The molecule has 0 saturated heterocycles. The first-order valence-electron chi connectivity index (χ1n) is 9.92. The molecule has 3 heterocycles. The standard InChI is InChI=1S/3C9H8O/c1-7-3-2-4-9-8(7)5-6-10-9;1-7-3-2-4-8-5-6-10-9(7)8;1-7-6-10-9-5-3-2-4-8(7)9/h3*2-6H,1H3. The molecule has 3 heteroatoms. The van der Waals surface area contributed by atoms with Gasteiger partial charge in [-0.25, -0.2) is 0 Å². The van der Waals surface area contributed by atoms with Crippen LogP contribution >= 0.6 is 0 Å². The minimum Gasteiger partial charge on any atom is -0.464 e. The third kappa shape index (κ3) is 4.15. The Morgan fingerprint density at radius 1 is 0.500 bits per heavy atom. The second-order valence-electron chi connectivity index (χ2n) is 7.24. The maximum Gasteiger partial charge on any atom is 0.136 e. The van der Waals surface area contributed by atoms with Crippen LogP contribution in [0.25, 0.3) is 32.9 Å². The zero-order valence-corrected chi connectivity index (χ0v) is 17.4. The van der Waals surface area contributed by atoms with Gasteiger partial charge < -0.3 is 13.3 Å². The molecule has 30 heavy (non-hydrogen) atoms. The summed E-state index contributed by atoms with van der Waals surface area (Å²) < 4.78 is 15.7. The number of benzene rings is 3. The smallest absolute Gasteiger partial charge is 0.136 e. The molecule has 0 N–H and O–H groups in total. The summed E-state index contributed by atoms with van der Waals surface area (Å²) in [4.78, 5) is 0. The predicted molar refractivity (Wildman–Crippen MR) is 123 cm³/mol. The van der Waals surface area contributed by atoms with Gasteiger partial charge in [-0.05, 0) is 61.7 Å². The number of aryl methyl sites for hydroxylation is 3. The first-order valence-corrected chi connectivity index (χ1v) is 9.92. The maximum atomic E-state index is 5.25. The Bertz CT molecular complexity index is 1300. The number of hydrogen-bond acceptors (Lipinski definition) is 3. The molecule has 3 nitrogen and oxygen atoms in total. The average molecular weight is 396 g/mol. The number of furan rings is 3. The van der Waals surface area contributed by atoms with Gasteiger partial charge in [0, 0.05) is 16.2 Å². The summed E-state index contributed by atoms with van der Waals surface area (Å²) in [6.45, 7) is 6.18. The molecule has 0 aliphatic heterocycles. The van der Waals surface area contributed by atoms with Crippen molar-refractivity contribution in [3.05, 3.63) is 108 Å². The third-order valence-electron chi connectivity index (χ3n) is 5.06. The second-order valence-corrected chi connectivity index (χ2v) is 7.24. The van der Waals surface area contributed by atoms with E-state index < -0.39 is 0 Å². The van der Waals surface area contributed by atoms with E-state index in [1.54, 1.807) is 18.8 Å². The van der Waals surface area contributed by atoms with Gasteiger partial charge in [0.25, 0.3) is 0 Å². The highest BCUT2D eigenvalue weighted by Gasteiger charge is 1.98. The molecule has 0 saturated carbocycles. The third-order valence-corrected chi connectivity index (χ3v) is 5.06. The Hall–Kier alpha value is -3.72. The van der Waals surface area contributed by atoms with Gasteiger partial charge in [0.05, 0.1) is 18.8 Å². The first kappa shape index (κ1) is 19.6. The number of hydrogen-bond donors (Lipinski definition) is 0. The summed E-state index contributed by atoms with van der Waals surface area (Å²) in [7, 11) is 0. The van der Waals surface area contributed by atoms with Crippen LogP contribution in [0.3, 0.4) is 0 Å². The SMILES string of the molecule is Cc1cccc2ccoc12.Cc1cccc2occc12.Cc1coc2ccccc12. The fourth-order valence-corrected chi connectivity index (χ4v) is 3.40.